The Morgan fingerprint density at radius 3 is 2.80 bits per heavy atom. The number of aromatic nitrogens is 1. The average Bonchev–Trinajstić information content (AvgIpc) is 2.71. The molecular weight excluding hydrogens is 376 g/mol. The fourth-order valence-corrected chi connectivity index (χ4v) is 2.80. The molecule has 0 radical (unpaired) electrons. The Labute approximate surface area is 130 Å². The SMILES string of the molecule is Nc1nc(Cl)c(C(=O)NCc2cc(F)cc(F)c2Br)s1. The second-order valence-corrected chi connectivity index (χ2v) is 5.90. The summed E-state index contributed by atoms with van der Waals surface area (Å²) < 4.78 is 26.5. The van der Waals surface area contributed by atoms with Gasteiger partial charge in [-0.25, -0.2) is 13.8 Å². The lowest BCUT2D eigenvalue weighted by atomic mass is 10.2. The molecule has 0 aliphatic carbocycles. The van der Waals surface area contributed by atoms with Crippen LogP contribution in [-0.2, 0) is 6.54 Å². The number of nitrogen functional groups attached to an aromatic ring is 1. The maximum absolute atomic E-state index is 13.3. The van der Waals surface area contributed by atoms with Crippen molar-refractivity contribution >= 4 is 49.9 Å². The summed E-state index contributed by atoms with van der Waals surface area (Å²) >= 11 is 9.65. The van der Waals surface area contributed by atoms with Gasteiger partial charge in [-0.1, -0.05) is 22.9 Å². The van der Waals surface area contributed by atoms with Crippen molar-refractivity contribution in [3.05, 3.63) is 43.8 Å². The molecule has 0 unspecified atom stereocenters. The first-order chi connectivity index (χ1) is 9.38. The molecule has 0 saturated carbocycles. The molecule has 1 heterocycles. The molecule has 1 aromatic carbocycles. The molecule has 0 aliphatic rings. The quantitative estimate of drug-likeness (QED) is 0.800. The third kappa shape index (κ3) is 3.25. The van der Waals surface area contributed by atoms with Crippen LogP contribution in [0.3, 0.4) is 0 Å². The number of nitrogens with one attached hydrogen (secondary N) is 1. The fraction of sp³-hybridized carbons (Fsp3) is 0.0909. The summed E-state index contributed by atoms with van der Waals surface area (Å²) in [6.07, 6.45) is 0. The molecule has 0 bridgehead atoms. The second-order valence-electron chi connectivity index (χ2n) is 3.72. The number of thiazole rings is 1. The van der Waals surface area contributed by atoms with Crippen LogP contribution in [0, 0.1) is 11.6 Å². The number of hydrogen-bond acceptors (Lipinski definition) is 4. The van der Waals surface area contributed by atoms with Crippen LogP contribution in [0.25, 0.3) is 0 Å². The van der Waals surface area contributed by atoms with E-state index >= 15 is 0 Å². The number of anilines is 1. The number of nitrogens with two attached hydrogens (primary N) is 1. The number of benzene rings is 1. The van der Waals surface area contributed by atoms with Gasteiger partial charge >= 0.3 is 0 Å². The monoisotopic (exact) mass is 381 g/mol. The van der Waals surface area contributed by atoms with E-state index in [-0.39, 0.29) is 31.7 Å². The molecule has 0 saturated heterocycles. The summed E-state index contributed by atoms with van der Waals surface area (Å²) in [5.74, 6) is -1.98. The Kier molecular flexibility index (Phi) is 4.56. The highest BCUT2D eigenvalue weighted by molar-refractivity contribution is 9.10. The van der Waals surface area contributed by atoms with Gasteiger partial charge in [0.25, 0.3) is 5.91 Å². The molecule has 1 amide bonds. The highest BCUT2D eigenvalue weighted by Gasteiger charge is 2.16. The van der Waals surface area contributed by atoms with Crippen molar-refractivity contribution in [2.75, 3.05) is 5.73 Å². The molecule has 2 rings (SSSR count). The van der Waals surface area contributed by atoms with Gasteiger partial charge in [-0.15, -0.1) is 0 Å². The zero-order valence-corrected chi connectivity index (χ0v) is 12.9. The van der Waals surface area contributed by atoms with Crippen LogP contribution in [0.1, 0.15) is 15.2 Å². The average molecular weight is 383 g/mol. The molecule has 0 spiro atoms. The van der Waals surface area contributed by atoms with Gasteiger partial charge in [0.2, 0.25) is 0 Å². The fourth-order valence-electron chi connectivity index (χ4n) is 1.45. The van der Waals surface area contributed by atoms with Crippen molar-refractivity contribution in [1.82, 2.24) is 10.3 Å². The minimum absolute atomic E-state index is 0.00510. The molecule has 0 fully saturated rings. The molecule has 20 heavy (non-hydrogen) atoms. The van der Waals surface area contributed by atoms with Gasteiger partial charge in [-0.05, 0) is 27.6 Å². The van der Waals surface area contributed by atoms with E-state index in [1.54, 1.807) is 0 Å². The first-order valence-corrected chi connectivity index (χ1v) is 7.20. The molecular formula is C11H7BrClF2N3OS. The summed E-state index contributed by atoms with van der Waals surface area (Å²) in [6.45, 7) is -0.0672. The van der Waals surface area contributed by atoms with Crippen LogP contribution in [0.5, 0.6) is 0 Å². The van der Waals surface area contributed by atoms with E-state index in [4.69, 9.17) is 17.3 Å². The standard InChI is InChI=1S/C11H7BrClF2N3OS/c12-7-4(1-5(14)2-6(7)15)3-17-10(19)8-9(13)18-11(16)20-8/h1-2H,3H2,(H2,16,18)(H,17,19). The summed E-state index contributed by atoms with van der Waals surface area (Å²) in [5.41, 5.74) is 5.69. The number of halogens is 4. The highest BCUT2D eigenvalue weighted by atomic mass is 79.9. The van der Waals surface area contributed by atoms with Crippen molar-refractivity contribution in [3.63, 3.8) is 0 Å². The molecule has 2 aromatic rings. The Bertz CT molecular complexity index is 680. The Morgan fingerprint density at radius 2 is 2.20 bits per heavy atom. The number of carbonyl (C=O) groups is 1. The van der Waals surface area contributed by atoms with E-state index in [0.29, 0.717) is 0 Å². The number of carbonyl (C=O) groups excluding carboxylic acids is 1. The van der Waals surface area contributed by atoms with Gasteiger partial charge in [0.15, 0.2) is 10.3 Å². The Balaban J connectivity index is 2.13. The van der Waals surface area contributed by atoms with E-state index < -0.39 is 17.5 Å². The van der Waals surface area contributed by atoms with E-state index in [1.165, 1.54) is 0 Å². The lowest BCUT2D eigenvalue weighted by molar-refractivity contribution is 0.0954. The zero-order valence-electron chi connectivity index (χ0n) is 9.71. The van der Waals surface area contributed by atoms with E-state index in [1.807, 2.05) is 0 Å². The number of hydrogen-bond donors (Lipinski definition) is 2. The third-order valence-corrected chi connectivity index (χ3v) is 4.47. The van der Waals surface area contributed by atoms with Crippen molar-refractivity contribution in [3.8, 4) is 0 Å². The molecule has 4 nitrogen and oxygen atoms in total. The molecule has 106 valence electrons. The summed E-state index contributed by atoms with van der Waals surface area (Å²) in [6, 6.07) is 1.87. The molecule has 0 atom stereocenters. The summed E-state index contributed by atoms with van der Waals surface area (Å²) in [4.78, 5) is 15.7. The van der Waals surface area contributed by atoms with E-state index in [9.17, 15) is 13.6 Å². The van der Waals surface area contributed by atoms with Crippen LogP contribution in [0.2, 0.25) is 5.15 Å². The first kappa shape index (κ1) is 15.1. The van der Waals surface area contributed by atoms with Crippen LogP contribution >= 0.6 is 38.9 Å². The van der Waals surface area contributed by atoms with E-state index in [2.05, 4.69) is 26.2 Å². The van der Waals surface area contributed by atoms with Crippen molar-refractivity contribution in [2.24, 2.45) is 0 Å². The van der Waals surface area contributed by atoms with Crippen molar-refractivity contribution in [2.45, 2.75) is 6.54 Å². The minimum atomic E-state index is -0.741. The minimum Gasteiger partial charge on any atom is -0.375 e. The Morgan fingerprint density at radius 1 is 1.50 bits per heavy atom. The van der Waals surface area contributed by atoms with Crippen LogP contribution in [0.4, 0.5) is 13.9 Å². The molecule has 1 aromatic heterocycles. The number of amides is 1. The van der Waals surface area contributed by atoms with Gasteiger partial charge in [0.05, 0.1) is 4.47 Å². The smallest absolute Gasteiger partial charge is 0.264 e. The van der Waals surface area contributed by atoms with E-state index in [0.717, 1.165) is 23.5 Å². The lowest BCUT2D eigenvalue weighted by Gasteiger charge is -2.07. The molecule has 3 N–H and O–H groups in total. The van der Waals surface area contributed by atoms with Gasteiger partial charge in [-0.3, -0.25) is 4.79 Å². The zero-order chi connectivity index (χ0) is 14.9. The van der Waals surface area contributed by atoms with Crippen molar-refractivity contribution in [1.29, 1.82) is 0 Å². The van der Waals surface area contributed by atoms with Crippen LogP contribution in [-0.4, -0.2) is 10.9 Å². The predicted octanol–water partition coefficient (Wildman–Crippen LogP) is 3.35. The van der Waals surface area contributed by atoms with Gasteiger partial charge < -0.3 is 11.1 Å². The maximum atomic E-state index is 13.3. The highest BCUT2D eigenvalue weighted by Crippen LogP contribution is 2.25. The van der Waals surface area contributed by atoms with Crippen LogP contribution in [0.15, 0.2) is 16.6 Å². The lowest BCUT2D eigenvalue weighted by Crippen LogP contribution is -2.22. The largest absolute Gasteiger partial charge is 0.375 e. The topological polar surface area (TPSA) is 68.0 Å². The summed E-state index contributed by atoms with van der Waals surface area (Å²) in [5, 5.41) is 2.65. The molecule has 9 heteroatoms. The van der Waals surface area contributed by atoms with Crippen molar-refractivity contribution < 1.29 is 13.6 Å². The third-order valence-electron chi connectivity index (χ3n) is 2.32. The van der Waals surface area contributed by atoms with Gasteiger partial charge in [-0.2, -0.15) is 0 Å². The normalized spacial score (nSPS) is 10.6. The van der Waals surface area contributed by atoms with Gasteiger partial charge in [0, 0.05) is 12.6 Å². The number of nitrogens with zero attached hydrogens (tertiary/aromatic N) is 1. The Hall–Kier alpha value is -1.25. The number of rotatable bonds is 3. The van der Waals surface area contributed by atoms with Gasteiger partial charge in [0.1, 0.15) is 16.5 Å². The first-order valence-electron chi connectivity index (χ1n) is 5.22. The second kappa shape index (κ2) is 6.02. The maximum Gasteiger partial charge on any atom is 0.264 e. The predicted molar refractivity (Wildman–Crippen MR) is 76.8 cm³/mol. The molecule has 0 aliphatic heterocycles. The summed E-state index contributed by atoms with van der Waals surface area (Å²) in [7, 11) is 0. The van der Waals surface area contributed by atoms with Crippen LogP contribution < -0.4 is 11.1 Å².